The van der Waals surface area contributed by atoms with Gasteiger partial charge in [-0.25, -0.2) is 12.8 Å². The number of nitrogens with two attached hydrogens (primary N) is 1. The van der Waals surface area contributed by atoms with Crippen molar-refractivity contribution in [1.82, 2.24) is 0 Å². The number of fused-ring (bicyclic) bond motifs is 2. The van der Waals surface area contributed by atoms with Gasteiger partial charge < -0.3 is 10.5 Å². The van der Waals surface area contributed by atoms with Crippen molar-refractivity contribution in [2.75, 3.05) is 11.4 Å². The second-order valence-corrected chi connectivity index (χ2v) is 8.10. The summed E-state index contributed by atoms with van der Waals surface area (Å²) in [6.45, 7) is 0. The molecule has 2 heterocycles. The summed E-state index contributed by atoms with van der Waals surface area (Å²) in [5.41, 5.74) is 7.14. The number of benzene rings is 2. The quantitative estimate of drug-likeness (QED) is 0.817. The molecule has 136 valence electrons. The van der Waals surface area contributed by atoms with Crippen LogP contribution in [0.15, 0.2) is 64.9 Å². The standard InChI is InChI=1S/C19H14FN3O3S/c1-23-15-8-3-2-7-13(15)17-18(27(23,24)25)16(14(10-21)19(22)26-17)11-5-4-6-12(20)9-11/h2-9,16H,22H2,1H3/t16-/m0/s1. The van der Waals surface area contributed by atoms with Gasteiger partial charge in [0.1, 0.15) is 22.4 Å². The number of para-hydroxylation sites is 1. The molecule has 0 radical (unpaired) electrons. The molecule has 0 saturated heterocycles. The number of hydrogen-bond donors (Lipinski definition) is 1. The van der Waals surface area contributed by atoms with Crippen molar-refractivity contribution in [1.29, 1.82) is 5.26 Å². The van der Waals surface area contributed by atoms with Crippen LogP contribution in [0.5, 0.6) is 0 Å². The number of sulfonamides is 1. The SMILES string of the molecule is CN1c2ccccc2C2=C([C@@H](c3cccc(F)c3)C(C#N)=C(N)O2)S1(=O)=O. The van der Waals surface area contributed by atoms with E-state index in [0.29, 0.717) is 16.8 Å². The zero-order chi connectivity index (χ0) is 19.3. The van der Waals surface area contributed by atoms with Gasteiger partial charge in [-0.3, -0.25) is 4.31 Å². The number of halogens is 1. The molecule has 0 spiro atoms. The Morgan fingerprint density at radius 2 is 1.96 bits per heavy atom. The van der Waals surface area contributed by atoms with Crippen molar-refractivity contribution in [3.8, 4) is 6.07 Å². The van der Waals surface area contributed by atoms with Gasteiger partial charge in [-0.15, -0.1) is 0 Å². The first kappa shape index (κ1) is 17.1. The van der Waals surface area contributed by atoms with Crippen molar-refractivity contribution in [3.05, 3.63) is 81.8 Å². The van der Waals surface area contributed by atoms with Crippen LogP contribution < -0.4 is 10.0 Å². The smallest absolute Gasteiger partial charge is 0.264 e. The predicted octanol–water partition coefficient (Wildman–Crippen LogP) is 2.78. The fourth-order valence-electron chi connectivity index (χ4n) is 3.41. The van der Waals surface area contributed by atoms with Crippen LogP contribution in [-0.4, -0.2) is 15.5 Å². The van der Waals surface area contributed by atoms with Gasteiger partial charge in [-0.2, -0.15) is 5.26 Å². The number of allylic oxidation sites excluding steroid dienone is 2. The number of nitrogens with zero attached hydrogens (tertiary/aromatic N) is 2. The van der Waals surface area contributed by atoms with Crippen molar-refractivity contribution in [2.45, 2.75) is 5.92 Å². The van der Waals surface area contributed by atoms with Crippen LogP contribution in [0.1, 0.15) is 17.0 Å². The maximum Gasteiger partial charge on any atom is 0.264 e. The molecule has 2 N–H and O–H groups in total. The van der Waals surface area contributed by atoms with Gasteiger partial charge in [0.25, 0.3) is 10.0 Å². The number of rotatable bonds is 1. The Kier molecular flexibility index (Phi) is 3.71. The van der Waals surface area contributed by atoms with Crippen LogP contribution in [0, 0.1) is 17.1 Å². The first-order valence-electron chi connectivity index (χ1n) is 8.02. The normalized spacial score (nSPS) is 20.5. The van der Waals surface area contributed by atoms with Crippen LogP contribution >= 0.6 is 0 Å². The molecule has 0 saturated carbocycles. The molecule has 2 aromatic rings. The third-order valence-electron chi connectivity index (χ3n) is 4.68. The van der Waals surface area contributed by atoms with E-state index in [0.717, 1.165) is 4.31 Å². The summed E-state index contributed by atoms with van der Waals surface area (Å²) >= 11 is 0. The van der Waals surface area contributed by atoms with Crippen molar-refractivity contribution in [2.24, 2.45) is 5.73 Å². The number of nitriles is 1. The van der Waals surface area contributed by atoms with Crippen molar-refractivity contribution >= 4 is 21.5 Å². The summed E-state index contributed by atoms with van der Waals surface area (Å²) in [6, 6.07) is 14.2. The Bertz CT molecular complexity index is 1180. The molecule has 4 rings (SSSR count). The highest BCUT2D eigenvalue weighted by molar-refractivity contribution is 7.96. The monoisotopic (exact) mass is 383 g/mol. The molecule has 0 aliphatic carbocycles. The van der Waals surface area contributed by atoms with Gasteiger partial charge in [0.15, 0.2) is 5.76 Å². The topological polar surface area (TPSA) is 96.4 Å². The Labute approximate surface area is 155 Å². The Hall–Kier alpha value is -3.31. The van der Waals surface area contributed by atoms with Gasteiger partial charge in [0, 0.05) is 12.6 Å². The summed E-state index contributed by atoms with van der Waals surface area (Å²) in [7, 11) is -2.60. The lowest BCUT2D eigenvalue weighted by Gasteiger charge is -2.36. The van der Waals surface area contributed by atoms with E-state index in [9.17, 15) is 18.1 Å². The van der Waals surface area contributed by atoms with Gasteiger partial charge in [0.2, 0.25) is 5.88 Å². The highest BCUT2D eigenvalue weighted by atomic mass is 32.2. The second kappa shape index (κ2) is 5.86. The molecule has 27 heavy (non-hydrogen) atoms. The van der Waals surface area contributed by atoms with Crippen LogP contribution in [0.4, 0.5) is 10.1 Å². The van der Waals surface area contributed by atoms with E-state index >= 15 is 0 Å². The van der Waals surface area contributed by atoms with E-state index in [4.69, 9.17) is 10.5 Å². The molecule has 1 atom stereocenters. The third-order valence-corrected chi connectivity index (χ3v) is 6.58. The Morgan fingerprint density at radius 3 is 2.67 bits per heavy atom. The molecule has 2 aliphatic heterocycles. The highest BCUT2D eigenvalue weighted by Gasteiger charge is 2.46. The summed E-state index contributed by atoms with van der Waals surface area (Å²) in [6.07, 6.45) is 0. The molecular weight excluding hydrogens is 369 g/mol. The molecule has 8 heteroatoms. The lowest BCUT2D eigenvalue weighted by molar-refractivity contribution is 0.357. The maximum absolute atomic E-state index is 13.8. The molecule has 0 amide bonds. The summed E-state index contributed by atoms with van der Waals surface area (Å²) < 4.78 is 47.1. The number of anilines is 1. The van der Waals surface area contributed by atoms with E-state index < -0.39 is 21.8 Å². The lowest BCUT2D eigenvalue weighted by atomic mass is 9.88. The molecule has 0 aromatic heterocycles. The van der Waals surface area contributed by atoms with Gasteiger partial charge in [-0.05, 0) is 29.8 Å². The molecule has 0 fully saturated rings. The van der Waals surface area contributed by atoms with E-state index in [1.54, 1.807) is 30.3 Å². The molecule has 2 aromatic carbocycles. The van der Waals surface area contributed by atoms with Crippen molar-refractivity contribution in [3.63, 3.8) is 0 Å². The molecule has 2 aliphatic rings. The minimum absolute atomic E-state index is 0.0643. The van der Waals surface area contributed by atoms with E-state index in [2.05, 4.69) is 0 Å². The van der Waals surface area contributed by atoms with Crippen LogP contribution in [0.3, 0.4) is 0 Å². The third kappa shape index (κ3) is 2.39. The predicted molar refractivity (Wildman–Crippen MR) is 97.7 cm³/mol. The zero-order valence-corrected chi connectivity index (χ0v) is 15.0. The zero-order valence-electron chi connectivity index (χ0n) is 14.2. The second-order valence-electron chi connectivity index (χ2n) is 6.16. The molecule has 0 bridgehead atoms. The summed E-state index contributed by atoms with van der Waals surface area (Å²) in [4.78, 5) is -0.125. The van der Waals surface area contributed by atoms with E-state index in [-0.39, 0.29) is 22.1 Å². The highest BCUT2D eigenvalue weighted by Crippen LogP contribution is 2.50. The summed E-state index contributed by atoms with van der Waals surface area (Å²) in [5.74, 6) is -1.73. The largest absolute Gasteiger partial charge is 0.439 e. The Balaban J connectivity index is 2.09. The maximum atomic E-state index is 13.8. The minimum atomic E-state index is -4.03. The fourth-order valence-corrected chi connectivity index (χ4v) is 5.07. The number of ether oxygens (including phenoxy) is 1. The first-order valence-corrected chi connectivity index (χ1v) is 9.46. The molecular formula is C19H14FN3O3S. The summed E-state index contributed by atoms with van der Waals surface area (Å²) in [5, 5.41) is 9.59. The molecule has 0 unspecified atom stereocenters. The Morgan fingerprint density at radius 1 is 1.22 bits per heavy atom. The number of hydrogen-bond acceptors (Lipinski definition) is 5. The van der Waals surface area contributed by atoms with Crippen LogP contribution in [-0.2, 0) is 14.8 Å². The van der Waals surface area contributed by atoms with Gasteiger partial charge in [0.05, 0.1) is 11.6 Å². The van der Waals surface area contributed by atoms with Gasteiger partial charge in [-0.1, -0.05) is 24.3 Å². The van der Waals surface area contributed by atoms with Crippen LogP contribution in [0.2, 0.25) is 0 Å². The minimum Gasteiger partial charge on any atom is -0.439 e. The van der Waals surface area contributed by atoms with Crippen LogP contribution in [0.25, 0.3) is 5.76 Å². The first-order chi connectivity index (χ1) is 12.9. The fraction of sp³-hybridized carbons (Fsp3) is 0.105. The molecule has 6 nitrogen and oxygen atoms in total. The van der Waals surface area contributed by atoms with E-state index in [1.165, 1.54) is 25.2 Å². The average Bonchev–Trinajstić information content (AvgIpc) is 2.65. The average molecular weight is 383 g/mol. The van der Waals surface area contributed by atoms with Gasteiger partial charge >= 0.3 is 0 Å². The van der Waals surface area contributed by atoms with E-state index in [1.807, 2.05) is 6.07 Å². The van der Waals surface area contributed by atoms with Crippen molar-refractivity contribution < 1.29 is 17.5 Å². The lowest BCUT2D eigenvalue weighted by Crippen LogP contribution is -2.37.